The Balaban J connectivity index is 3.15. The lowest BCUT2D eigenvalue weighted by Crippen LogP contribution is -1.89. The Bertz CT molecular complexity index is 371. The number of rotatable bonds is 2. The van der Waals surface area contributed by atoms with Gasteiger partial charge in [-0.25, -0.2) is 4.79 Å². The molecular weight excluding hydrogens is 244 g/mol. The molecule has 2 nitrogen and oxygen atoms in total. The summed E-state index contributed by atoms with van der Waals surface area (Å²) in [6, 6.07) is 3.99. The molecule has 1 rings (SSSR count). The number of benzene rings is 1. The van der Waals surface area contributed by atoms with Crippen molar-refractivity contribution in [3.05, 3.63) is 39.4 Å². The van der Waals surface area contributed by atoms with Crippen molar-refractivity contribution in [1.82, 2.24) is 0 Å². The van der Waals surface area contributed by atoms with Crippen LogP contribution in [0.3, 0.4) is 0 Å². The summed E-state index contributed by atoms with van der Waals surface area (Å²) < 4.78 is 0.924. The molecule has 0 heterocycles. The maximum absolute atomic E-state index is 10.4. The molecule has 0 atom stereocenters. The first-order chi connectivity index (χ1) is 6.50. The van der Waals surface area contributed by atoms with Crippen LogP contribution in [-0.4, -0.2) is 11.1 Å². The molecule has 0 bridgehead atoms. The summed E-state index contributed by atoms with van der Waals surface area (Å²) in [5.41, 5.74) is 3.13. The van der Waals surface area contributed by atoms with Crippen molar-refractivity contribution in [2.75, 3.05) is 0 Å². The Morgan fingerprint density at radius 1 is 1.43 bits per heavy atom. The summed E-state index contributed by atoms with van der Waals surface area (Å²) in [6.07, 6.45) is 2.74. The molecule has 1 aromatic carbocycles. The van der Waals surface area contributed by atoms with Crippen LogP contribution in [0.1, 0.15) is 16.7 Å². The van der Waals surface area contributed by atoms with Crippen LogP contribution in [0.5, 0.6) is 0 Å². The van der Waals surface area contributed by atoms with Crippen LogP contribution in [0.15, 0.2) is 22.7 Å². The van der Waals surface area contributed by atoms with E-state index in [4.69, 9.17) is 5.11 Å². The van der Waals surface area contributed by atoms with Crippen LogP contribution in [0.4, 0.5) is 0 Å². The normalized spacial score (nSPS) is 10.8. The minimum absolute atomic E-state index is 0.915. The van der Waals surface area contributed by atoms with Gasteiger partial charge in [0.25, 0.3) is 0 Å². The number of halogens is 1. The average molecular weight is 255 g/mol. The van der Waals surface area contributed by atoms with E-state index in [1.54, 1.807) is 6.08 Å². The van der Waals surface area contributed by atoms with Crippen LogP contribution in [0.25, 0.3) is 6.08 Å². The van der Waals surface area contributed by atoms with Gasteiger partial charge in [-0.2, -0.15) is 0 Å². The van der Waals surface area contributed by atoms with Gasteiger partial charge in [-0.1, -0.05) is 22.0 Å². The van der Waals surface area contributed by atoms with E-state index in [0.29, 0.717) is 0 Å². The average Bonchev–Trinajstić information content (AvgIpc) is 2.01. The molecule has 14 heavy (non-hydrogen) atoms. The maximum Gasteiger partial charge on any atom is 0.328 e. The summed E-state index contributed by atoms with van der Waals surface area (Å²) in [4.78, 5) is 10.4. The molecule has 0 aromatic heterocycles. The summed E-state index contributed by atoms with van der Waals surface area (Å²) in [6.45, 7) is 3.96. The summed E-state index contributed by atoms with van der Waals surface area (Å²) in [5.74, 6) is -0.933. The quantitative estimate of drug-likeness (QED) is 0.824. The minimum Gasteiger partial charge on any atom is -0.478 e. The van der Waals surface area contributed by atoms with Gasteiger partial charge in [0.05, 0.1) is 0 Å². The third-order valence-corrected chi connectivity index (χ3v) is 2.53. The van der Waals surface area contributed by atoms with Gasteiger partial charge in [-0.05, 0) is 42.7 Å². The number of carbonyl (C=O) groups is 1. The first-order valence-electron chi connectivity index (χ1n) is 4.18. The molecule has 0 spiro atoms. The van der Waals surface area contributed by atoms with Crippen LogP contribution in [-0.2, 0) is 4.79 Å². The van der Waals surface area contributed by atoms with E-state index in [1.807, 2.05) is 26.0 Å². The molecule has 0 fully saturated rings. The lowest BCUT2D eigenvalue weighted by molar-refractivity contribution is -0.131. The maximum atomic E-state index is 10.4. The third-order valence-electron chi connectivity index (χ3n) is 1.87. The van der Waals surface area contributed by atoms with Crippen LogP contribution in [0.2, 0.25) is 0 Å². The van der Waals surface area contributed by atoms with E-state index >= 15 is 0 Å². The van der Waals surface area contributed by atoms with Crippen molar-refractivity contribution in [3.8, 4) is 0 Å². The van der Waals surface area contributed by atoms with E-state index in [1.165, 1.54) is 0 Å². The highest BCUT2D eigenvalue weighted by molar-refractivity contribution is 9.10. The second-order valence-corrected chi connectivity index (χ2v) is 4.00. The van der Waals surface area contributed by atoms with Crippen LogP contribution < -0.4 is 0 Å². The monoisotopic (exact) mass is 254 g/mol. The molecule has 0 saturated carbocycles. The molecule has 1 N–H and O–H groups in total. The first kappa shape index (κ1) is 11.0. The molecule has 74 valence electrons. The lowest BCUT2D eigenvalue weighted by Gasteiger charge is -2.04. The van der Waals surface area contributed by atoms with Crippen molar-refractivity contribution < 1.29 is 9.90 Å². The second kappa shape index (κ2) is 4.42. The number of hydrogen-bond acceptors (Lipinski definition) is 1. The van der Waals surface area contributed by atoms with Crippen molar-refractivity contribution in [1.29, 1.82) is 0 Å². The number of carboxylic acid groups (broad SMARTS) is 1. The van der Waals surface area contributed by atoms with E-state index in [-0.39, 0.29) is 0 Å². The number of aryl methyl sites for hydroxylation is 2. The molecule has 0 aliphatic rings. The largest absolute Gasteiger partial charge is 0.478 e. The first-order valence-corrected chi connectivity index (χ1v) is 4.98. The smallest absolute Gasteiger partial charge is 0.328 e. The van der Waals surface area contributed by atoms with Gasteiger partial charge < -0.3 is 5.11 Å². The highest BCUT2D eigenvalue weighted by atomic mass is 79.9. The topological polar surface area (TPSA) is 37.3 Å². The summed E-state index contributed by atoms with van der Waals surface area (Å²) in [5, 5.41) is 8.51. The van der Waals surface area contributed by atoms with Crippen LogP contribution in [0, 0.1) is 13.8 Å². The fraction of sp³-hybridized carbons (Fsp3) is 0.182. The molecule has 0 unspecified atom stereocenters. The van der Waals surface area contributed by atoms with Gasteiger partial charge in [-0.15, -0.1) is 0 Å². The minimum atomic E-state index is -0.933. The van der Waals surface area contributed by atoms with Gasteiger partial charge in [0.15, 0.2) is 0 Å². The Labute approximate surface area is 91.4 Å². The predicted octanol–water partition coefficient (Wildman–Crippen LogP) is 3.16. The molecule has 0 aliphatic carbocycles. The lowest BCUT2D eigenvalue weighted by atomic mass is 10.1. The van der Waals surface area contributed by atoms with E-state index < -0.39 is 5.97 Å². The molecule has 3 heteroatoms. The van der Waals surface area contributed by atoms with Crippen LogP contribution >= 0.6 is 15.9 Å². The van der Waals surface area contributed by atoms with E-state index in [9.17, 15) is 4.79 Å². The second-order valence-electron chi connectivity index (χ2n) is 3.15. The standard InChI is InChI=1S/C11H11BrO2/c1-7-5-8(2)9(10(12)6-7)3-4-11(13)14/h3-6H,1-2H3,(H,13,14)/b4-3+. The molecule has 0 saturated heterocycles. The Morgan fingerprint density at radius 2 is 2.07 bits per heavy atom. The molecule has 1 aromatic rings. The molecule has 0 radical (unpaired) electrons. The Hall–Kier alpha value is -1.09. The number of aliphatic carboxylic acids is 1. The summed E-state index contributed by atoms with van der Waals surface area (Å²) >= 11 is 3.40. The van der Waals surface area contributed by atoms with Gasteiger partial charge >= 0.3 is 5.97 Å². The third kappa shape index (κ3) is 2.70. The fourth-order valence-electron chi connectivity index (χ4n) is 1.29. The Morgan fingerprint density at radius 3 is 2.57 bits per heavy atom. The molecular formula is C11H11BrO2. The van der Waals surface area contributed by atoms with Gasteiger partial charge in [0.2, 0.25) is 0 Å². The number of hydrogen-bond donors (Lipinski definition) is 1. The van der Waals surface area contributed by atoms with Gasteiger partial charge in [0, 0.05) is 10.5 Å². The van der Waals surface area contributed by atoms with Gasteiger partial charge in [-0.3, -0.25) is 0 Å². The predicted molar refractivity (Wildman–Crippen MR) is 60.3 cm³/mol. The van der Waals surface area contributed by atoms with Crippen molar-refractivity contribution in [2.45, 2.75) is 13.8 Å². The zero-order valence-corrected chi connectivity index (χ0v) is 9.63. The number of carboxylic acids is 1. The highest BCUT2D eigenvalue weighted by Crippen LogP contribution is 2.23. The molecule has 0 amide bonds. The highest BCUT2D eigenvalue weighted by Gasteiger charge is 2.01. The summed E-state index contributed by atoms with van der Waals surface area (Å²) in [7, 11) is 0. The zero-order valence-electron chi connectivity index (χ0n) is 8.04. The van der Waals surface area contributed by atoms with Gasteiger partial charge in [0.1, 0.15) is 0 Å². The zero-order chi connectivity index (χ0) is 10.7. The SMILES string of the molecule is Cc1cc(C)c(/C=C/C(=O)O)c(Br)c1. The van der Waals surface area contributed by atoms with E-state index in [0.717, 1.165) is 27.2 Å². The molecule has 0 aliphatic heterocycles. The van der Waals surface area contributed by atoms with E-state index in [2.05, 4.69) is 15.9 Å². The van der Waals surface area contributed by atoms with Crippen molar-refractivity contribution in [2.24, 2.45) is 0 Å². The Kier molecular flexibility index (Phi) is 3.47. The fourth-order valence-corrected chi connectivity index (χ4v) is 2.10. The van der Waals surface area contributed by atoms with Crippen molar-refractivity contribution >= 4 is 28.0 Å². The van der Waals surface area contributed by atoms with Crippen molar-refractivity contribution in [3.63, 3.8) is 0 Å².